The number of carbonyl (C=O) groups is 2. The van der Waals surface area contributed by atoms with Crippen LogP contribution in [0.4, 0.5) is 0 Å². The summed E-state index contributed by atoms with van der Waals surface area (Å²) in [5.74, 6) is 0.0967. The molecule has 6 rings (SSSR count). The molecular weight excluding hydrogens is 589 g/mol. The Morgan fingerprint density at radius 1 is 1.31 bits per heavy atom. The van der Waals surface area contributed by atoms with Crippen LogP contribution < -0.4 is 0 Å². The molecule has 4 aliphatic rings. The summed E-state index contributed by atoms with van der Waals surface area (Å²) in [4.78, 5) is 30.2. The van der Waals surface area contributed by atoms with Gasteiger partial charge in [0.1, 0.15) is 11.1 Å². The number of aromatic nitrogens is 1. The van der Waals surface area contributed by atoms with Gasteiger partial charge in [0.15, 0.2) is 17.1 Å². The first-order valence-electron chi connectivity index (χ1n) is 12.6. The summed E-state index contributed by atoms with van der Waals surface area (Å²) < 4.78 is 5.52. The van der Waals surface area contributed by atoms with Crippen molar-refractivity contribution in [2.45, 2.75) is 60.4 Å². The molecule has 36 heavy (non-hydrogen) atoms. The van der Waals surface area contributed by atoms with Gasteiger partial charge in [-0.1, -0.05) is 72.0 Å². The second-order valence-corrected chi connectivity index (χ2v) is 13.8. The molecule has 2 aromatic rings. The summed E-state index contributed by atoms with van der Waals surface area (Å²) in [6.07, 6.45) is 7.44. The summed E-state index contributed by atoms with van der Waals surface area (Å²) in [7, 11) is 0. The van der Waals surface area contributed by atoms with Gasteiger partial charge >= 0.3 is 0 Å². The summed E-state index contributed by atoms with van der Waals surface area (Å²) >= 11 is 3.47. The number of hydrogen-bond acceptors (Lipinski definition) is 7. The molecule has 0 radical (unpaired) electrons. The number of ketones is 2. The molecule has 8 atom stereocenters. The van der Waals surface area contributed by atoms with Gasteiger partial charge in [-0.05, 0) is 61.8 Å². The molecule has 0 spiro atoms. The van der Waals surface area contributed by atoms with Crippen LogP contribution in [0.25, 0.3) is 11.1 Å². The quantitative estimate of drug-likeness (QED) is 0.285. The molecule has 3 saturated carbocycles. The molecule has 0 amide bonds. The minimum absolute atomic E-state index is 0.0145. The molecule has 2 N–H and O–H groups in total. The van der Waals surface area contributed by atoms with Crippen molar-refractivity contribution >= 4 is 57.0 Å². The maximum Gasteiger partial charge on any atom is 0.257 e. The molecule has 1 aromatic heterocycles. The topological polar surface area (TPSA) is 101 Å². The zero-order valence-electron chi connectivity index (χ0n) is 20.3. The van der Waals surface area contributed by atoms with Crippen LogP contribution in [0.15, 0.2) is 57.7 Å². The number of benzene rings is 1. The lowest BCUT2D eigenvalue weighted by molar-refractivity contribution is -0.173. The molecule has 0 aliphatic heterocycles. The van der Waals surface area contributed by atoms with Gasteiger partial charge in [0.2, 0.25) is 0 Å². The van der Waals surface area contributed by atoms with E-state index in [4.69, 9.17) is 4.42 Å². The first-order chi connectivity index (χ1) is 17.1. The lowest BCUT2D eigenvalue weighted by atomic mass is 9.46. The lowest BCUT2D eigenvalue weighted by Crippen LogP contribution is -2.63. The number of oxazole rings is 1. The molecule has 0 bridgehead atoms. The highest BCUT2D eigenvalue weighted by Gasteiger charge is 2.70. The van der Waals surface area contributed by atoms with Crippen molar-refractivity contribution in [3.63, 3.8) is 0 Å². The largest absolute Gasteiger partial charge is 0.431 e. The number of hydrogen-bond donors (Lipinski definition) is 2. The van der Waals surface area contributed by atoms with Gasteiger partial charge in [0.25, 0.3) is 5.22 Å². The van der Waals surface area contributed by atoms with Gasteiger partial charge in [-0.25, -0.2) is 4.98 Å². The van der Waals surface area contributed by atoms with Crippen LogP contribution in [0.5, 0.6) is 0 Å². The Labute approximate surface area is 228 Å². The summed E-state index contributed by atoms with van der Waals surface area (Å²) in [5.41, 5.74) is -0.131. The number of allylic oxidation sites excluding steroid dienone is 4. The van der Waals surface area contributed by atoms with E-state index in [1.165, 1.54) is 11.8 Å². The van der Waals surface area contributed by atoms with Crippen molar-refractivity contribution in [2.75, 3.05) is 5.75 Å². The van der Waals surface area contributed by atoms with Crippen molar-refractivity contribution in [1.82, 2.24) is 4.98 Å². The number of carbonyl (C=O) groups excluding carboxylic acids is 2. The average molecular weight is 620 g/mol. The van der Waals surface area contributed by atoms with E-state index in [9.17, 15) is 19.8 Å². The summed E-state index contributed by atoms with van der Waals surface area (Å²) in [5, 5.41) is 24.1. The Balaban J connectivity index is 1.28. The third-order valence-corrected chi connectivity index (χ3v) is 11.9. The number of fused-ring (bicyclic) bond motifs is 6. The fourth-order valence-electron chi connectivity index (χ4n) is 7.94. The first kappa shape index (κ1) is 24.8. The first-order valence-corrected chi connectivity index (χ1v) is 14.8. The van der Waals surface area contributed by atoms with Gasteiger partial charge < -0.3 is 14.6 Å². The number of rotatable bonds is 4. The van der Waals surface area contributed by atoms with Crippen molar-refractivity contribution < 1.29 is 24.2 Å². The minimum atomic E-state index is -1.54. The highest BCUT2D eigenvalue weighted by atomic mass is 127. The molecule has 3 fully saturated rings. The number of halogens is 1. The number of para-hydroxylation sites is 2. The van der Waals surface area contributed by atoms with Crippen molar-refractivity contribution in [2.24, 2.45) is 28.6 Å². The Morgan fingerprint density at radius 3 is 2.86 bits per heavy atom. The highest BCUT2D eigenvalue weighted by Crippen LogP contribution is 2.68. The van der Waals surface area contributed by atoms with Gasteiger partial charge in [-0.15, -0.1) is 0 Å². The van der Waals surface area contributed by atoms with Gasteiger partial charge in [-0.3, -0.25) is 9.59 Å². The second kappa shape index (κ2) is 8.51. The predicted octanol–water partition coefficient (Wildman–Crippen LogP) is 4.91. The van der Waals surface area contributed by atoms with Gasteiger partial charge in [0.05, 0.1) is 11.9 Å². The standard InChI is InChI=1S/C28H30INO5S/c1-26-10-9-16(31)11-15(26)7-8-17-18-12-22(29)28(34,27(18,2)13-20(32)24(17)26)23(33)14-36-25-30-19-5-3-4-6-21(19)35-25/h3-6,9-11,17-18,20,22,24,32,34H,7-8,12-14H2,1-2H3/t17?,18?,20-,22+,24?,26?,27?,28-/m0/s1. The number of thioether (sulfide) groups is 1. The van der Waals surface area contributed by atoms with Crippen LogP contribution in [0, 0.1) is 28.6 Å². The fourth-order valence-corrected chi connectivity index (χ4v) is 10.3. The van der Waals surface area contributed by atoms with Crippen molar-refractivity contribution in [1.29, 1.82) is 0 Å². The number of aliphatic hydroxyl groups is 2. The molecule has 5 unspecified atom stereocenters. The highest BCUT2D eigenvalue weighted by molar-refractivity contribution is 14.1. The minimum Gasteiger partial charge on any atom is -0.431 e. The van der Waals surface area contributed by atoms with E-state index in [0.29, 0.717) is 17.2 Å². The zero-order valence-corrected chi connectivity index (χ0v) is 23.3. The molecule has 0 saturated heterocycles. The second-order valence-electron chi connectivity index (χ2n) is 11.3. The maximum atomic E-state index is 13.7. The average Bonchev–Trinajstić information content (AvgIpc) is 3.35. The Bertz CT molecular complexity index is 1290. The normalized spacial score (nSPS) is 41.5. The lowest BCUT2D eigenvalue weighted by Gasteiger charge is -2.59. The van der Waals surface area contributed by atoms with E-state index in [1.54, 1.807) is 12.2 Å². The monoisotopic (exact) mass is 619 g/mol. The van der Waals surface area contributed by atoms with E-state index in [2.05, 4.69) is 34.5 Å². The smallest absolute Gasteiger partial charge is 0.257 e. The van der Waals surface area contributed by atoms with E-state index in [-0.39, 0.29) is 44.4 Å². The van der Waals surface area contributed by atoms with Crippen molar-refractivity contribution in [3.8, 4) is 0 Å². The number of nitrogens with zero attached hydrogens (tertiary/aromatic N) is 1. The third-order valence-electron chi connectivity index (χ3n) is 9.70. The Hall–Kier alpha value is -1.49. The Morgan fingerprint density at radius 2 is 2.08 bits per heavy atom. The van der Waals surface area contributed by atoms with E-state index >= 15 is 0 Å². The van der Waals surface area contributed by atoms with Gasteiger partial charge in [-0.2, -0.15) is 0 Å². The zero-order chi connectivity index (χ0) is 25.5. The van der Waals surface area contributed by atoms with Gasteiger partial charge in [0, 0.05) is 20.7 Å². The predicted molar refractivity (Wildman–Crippen MR) is 146 cm³/mol. The van der Waals surface area contributed by atoms with E-state index in [0.717, 1.165) is 30.4 Å². The van der Waals surface area contributed by atoms with Crippen LogP contribution in [-0.2, 0) is 9.59 Å². The fraction of sp³-hybridized carbons (Fsp3) is 0.536. The number of alkyl halides is 1. The SMILES string of the molecule is CC12C=CC(=O)C=C1CCC1C2[C@@H](O)CC2(C)C1C[C@@H](I)[C@]2(O)C(=O)CSc1nc2ccccc2o1. The van der Waals surface area contributed by atoms with Crippen molar-refractivity contribution in [3.05, 3.63) is 48.1 Å². The van der Waals surface area contributed by atoms with E-state index in [1.807, 2.05) is 37.3 Å². The summed E-state index contributed by atoms with van der Waals surface area (Å²) in [6.45, 7) is 4.14. The van der Waals surface area contributed by atoms with Crippen LogP contribution in [0.2, 0.25) is 0 Å². The van der Waals surface area contributed by atoms with Crippen LogP contribution in [-0.4, -0.2) is 48.1 Å². The molecule has 1 aromatic carbocycles. The number of Topliss-reactive ketones (excluding diaryl/α,β-unsaturated/α-hetero) is 1. The molecule has 1 heterocycles. The van der Waals surface area contributed by atoms with Crippen LogP contribution in [0.3, 0.4) is 0 Å². The van der Waals surface area contributed by atoms with Crippen LogP contribution >= 0.6 is 34.4 Å². The summed E-state index contributed by atoms with van der Waals surface area (Å²) in [6, 6.07) is 7.47. The molecule has 8 heteroatoms. The third kappa shape index (κ3) is 3.39. The maximum absolute atomic E-state index is 13.7. The number of aliphatic hydroxyl groups excluding tert-OH is 1. The van der Waals surface area contributed by atoms with Crippen LogP contribution in [0.1, 0.15) is 39.5 Å². The molecule has 4 aliphatic carbocycles. The van der Waals surface area contributed by atoms with E-state index < -0.39 is 17.1 Å². The molecular formula is C28H30INO5S. The molecule has 6 nitrogen and oxygen atoms in total. The Kier molecular flexibility index (Phi) is 5.87. The molecule has 190 valence electrons.